The van der Waals surface area contributed by atoms with Crippen molar-refractivity contribution < 1.29 is 33.5 Å². The lowest BCUT2D eigenvalue weighted by Gasteiger charge is -1.96. The molecule has 0 bridgehead atoms. The van der Waals surface area contributed by atoms with Crippen molar-refractivity contribution in [2.24, 2.45) is 7.05 Å². The van der Waals surface area contributed by atoms with E-state index in [9.17, 15) is 10.1 Å². The number of rotatable bonds is 1. The van der Waals surface area contributed by atoms with Crippen LogP contribution in [0.15, 0.2) is 36.5 Å². The first-order valence-corrected chi connectivity index (χ1v) is 4.22. The van der Waals surface area contributed by atoms with Gasteiger partial charge in [-0.1, -0.05) is 6.07 Å². The van der Waals surface area contributed by atoms with Crippen LogP contribution in [-0.4, -0.2) is 4.92 Å². The average molecular weight is 316 g/mol. The lowest BCUT2D eigenvalue weighted by atomic mass is 10.2. The molecule has 78 valence electrons. The molecule has 0 fully saturated rings. The Hall–Kier alpha value is -1.24. The highest BCUT2D eigenvalue weighted by atomic mass is 127. The van der Waals surface area contributed by atoms with E-state index >= 15 is 0 Å². The average Bonchev–Trinajstić information content (AvgIpc) is 2.17. The highest BCUT2D eigenvalue weighted by molar-refractivity contribution is 5.83. The van der Waals surface area contributed by atoms with Crippen LogP contribution in [-0.2, 0) is 7.05 Å². The number of hydrogen-bond donors (Lipinski definition) is 0. The normalized spacial score (nSPS) is 9.67. The van der Waals surface area contributed by atoms with Crippen molar-refractivity contribution in [2.75, 3.05) is 0 Å². The molecule has 1 aromatic heterocycles. The van der Waals surface area contributed by atoms with Gasteiger partial charge < -0.3 is 24.0 Å². The van der Waals surface area contributed by atoms with E-state index in [4.69, 9.17) is 0 Å². The van der Waals surface area contributed by atoms with Crippen molar-refractivity contribution >= 4 is 16.6 Å². The first-order valence-electron chi connectivity index (χ1n) is 4.22. The van der Waals surface area contributed by atoms with E-state index in [2.05, 4.69) is 0 Å². The second-order valence-electron chi connectivity index (χ2n) is 3.09. The third-order valence-electron chi connectivity index (χ3n) is 2.18. The lowest BCUT2D eigenvalue weighted by Crippen LogP contribution is -3.00. The molecule has 15 heavy (non-hydrogen) atoms. The Morgan fingerprint density at radius 3 is 2.60 bits per heavy atom. The van der Waals surface area contributed by atoms with Crippen LogP contribution in [0.25, 0.3) is 10.9 Å². The third-order valence-corrected chi connectivity index (χ3v) is 2.18. The van der Waals surface area contributed by atoms with Crippen LogP contribution in [0.5, 0.6) is 0 Å². The van der Waals surface area contributed by atoms with Crippen LogP contribution in [0.3, 0.4) is 0 Å². The molecule has 0 amide bonds. The molecular formula is C10H9IN2O2. The molecule has 5 heteroatoms. The summed E-state index contributed by atoms with van der Waals surface area (Å²) < 4.78 is 1.76. The quantitative estimate of drug-likeness (QED) is 0.281. The summed E-state index contributed by atoms with van der Waals surface area (Å²) in [5.41, 5.74) is 0.797. The zero-order valence-corrected chi connectivity index (χ0v) is 10.2. The number of para-hydroxylation sites is 1. The maximum absolute atomic E-state index is 10.8. The second-order valence-corrected chi connectivity index (χ2v) is 3.09. The molecule has 0 aliphatic heterocycles. The van der Waals surface area contributed by atoms with Gasteiger partial charge >= 0.3 is 5.69 Å². The number of nitro benzene ring substituents is 1. The standard InChI is InChI=1S/C10H9N2O2.HI/c1-11-7-3-5-8-4-2-6-9(10(8)11)12(13)14;/h2-7H,1H3;1H/q+1;/p-1. The predicted octanol–water partition coefficient (Wildman–Crippen LogP) is -1.42. The molecule has 2 aromatic rings. The van der Waals surface area contributed by atoms with Crippen molar-refractivity contribution in [3.05, 3.63) is 46.6 Å². The van der Waals surface area contributed by atoms with E-state index in [-0.39, 0.29) is 34.6 Å². The van der Waals surface area contributed by atoms with Gasteiger partial charge in [-0.25, -0.2) is 0 Å². The Morgan fingerprint density at radius 2 is 1.93 bits per heavy atom. The first-order chi connectivity index (χ1) is 6.70. The van der Waals surface area contributed by atoms with Crippen LogP contribution in [0.1, 0.15) is 0 Å². The SMILES string of the molecule is C[n+]1cccc2cccc([N+](=O)[O-])c21.[I-]. The van der Waals surface area contributed by atoms with Crippen molar-refractivity contribution in [3.8, 4) is 0 Å². The summed E-state index contributed by atoms with van der Waals surface area (Å²) in [7, 11) is 1.80. The predicted molar refractivity (Wildman–Crippen MR) is 51.8 cm³/mol. The Balaban J connectivity index is 0.00000112. The molecule has 0 saturated carbocycles. The van der Waals surface area contributed by atoms with E-state index < -0.39 is 0 Å². The van der Waals surface area contributed by atoms with Gasteiger partial charge in [-0.15, -0.1) is 0 Å². The number of benzene rings is 1. The van der Waals surface area contributed by atoms with Crippen molar-refractivity contribution in [3.63, 3.8) is 0 Å². The number of nitrogens with zero attached hydrogens (tertiary/aromatic N) is 2. The van der Waals surface area contributed by atoms with Crippen LogP contribution < -0.4 is 28.5 Å². The molecule has 0 aliphatic rings. The van der Waals surface area contributed by atoms with Crippen LogP contribution in [0, 0.1) is 10.1 Å². The minimum Gasteiger partial charge on any atom is -1.00 e. The minimum atomic E-state index is -0.359. The molecule has 1 aromatic carbocycles. The molecule has 4 nitrogen and oxygen atoms in total. The monoisotopic (exact) mass is 316 g/mol. The van der Waals surface area contributed by atoms with Crippen molar-refractivity contribution in [1.82, 2.24) is 0 Å². The molecule has 0 N–H and O–H groups in total. The highest BCUT2D eigenvalue weighted by Crippen LogP contribution is 2.20. The van der Waals surface area contributed by atoms with E-state index in [1.54, 1.807) is 23.9 Å². The van der Waals surface area contributed by atoms with Gasteiger partial charge in [0.1, 0.15) is 7.05 Å². The maximum atomic E-state index is 10.8. The summed E-state index contributed by atoms with van der Waals surface area (Å²) in [4.78, 5) is 10.4. The summed E-state index contributed by atoms with van der Waals surface area (Å²) in [6, 6.07) is 8.81. The molecule has 0 unspecified atom stereocenters. The topological polar surface area (TPSA) is 47.0 Å². The van der Waals surface area contributed by atoms with Gasteiger partial charge in [-0.2, -0.15) is 4.57 Å². The number of aromatic nitrogens is 1. The molecule has 0 atom stereocenters. The molecular weight excluding hydrogens is 307 g/mol. The Morgan fingerprint density at radius 1 is 1.27 bits per heavy atom. The zero-order valence-electron chi connectivity index (χ0n) is 8.05. The lowest BCUT2D eigenvalue weighted by molar-refractivity contribution is -0.646. The van der Waals surface area contributed by atoms with E-state index in [1.165, 1.54) is 6.07 Å². The molecule has 0 saturated heterocycles. The van der Waals surface area contributed by atoms with Gasteiger partial charge in [0, 0.05) is 12.1 Å². The number of pyridine rings is 1. The smallest absolute Gasteiger partial charge is 0.340 e. The van der Waals surface area contributed by atoms with Crippen LogP contribution >= 0.6 is 0 Å². The summed E-state index contributed by atoms with van der Waals surface area (Å²) in [6.45, 7) is 0. The number of hydrogen-bond acceptors (Lipinski definition) is 2. The number of halogens is 1. The van der Waals surface area contributed by atoms with E-state index in [0.717, 1.165) is 5.39 Å². The molecule has 2 rings (SSSR count). The third kappa shape index (κ3) is 2.06. The fourth-order valence-corrected chi connectivity index (χ4v) is 1.57. The Bertz CT molecular complexity index is 508. The molecule has 0 aliphatic carbocycles. The maximum Gasteiger partial charge on any atom is 0.340 e. The second kappa shape index (κ2) is 4.52. The van der Waals surface area contributed by atoms with Crippen LogP contribution in [0.4, 0.5) is 5.69 Å². The Labute approximate surface area is 104 Å². The fourth-order valence-electron chi connectivity index (χ4n) is 1.57. The largest absolute Gasteiger partial charge is 1.00 e. The van der Waals surface area contributed by atoms with Gasteiger partial charge in [0.05, 0.1) is 10.3 Å². The Kier molecular flexibility index (Phi) is 3.57. The highest BCUT2D eigenvalue weighted by Gasteiger charge is 2.18. The molecule has 0 spiro atoms. The van der Waals surface area contributed by atoms with Gasteiger partial charge in [0.2, 0.25) is 0 Å². The summed E-state index contributed by atoms with van der Waals surface area (Å²) in [5, 5.41) is 11.6. The first kappa shape index (κ1) is 11.8. The number of non-ortho nitro benzene ring substituents is 1. The molecule has 0 radical (unpaired) electrons. The molecule has 1 heterocycles. The summed E-state index contributed by atoms with van der Waals surface area (Å²) in [5.74, 6) is 0. The van der Waals surface area contributed by atoms with Gasteiger partial charge in [0.15, 0.2) is 6.20 Å². The van der Waals surface area contributed by atoms with Gasteiger partial charge in [-0.05, 0) is 12.1 Å². The van der Waals surface area contributed by atoms with E-state index in [1.807, 2.05) is 18.2 Å². The number of nitro groups is 1. The van der Waals surface area contributed by atoms with Crippen LogP contribution in [0.2, 0.25) is 0 Å². The van der Waals surface area contributed by atoms with Crippen molar-refractivity contribution in [1.29, 1.82) is 0 Å². The van der Waals surface area contributed by atoms with E-state index in [0.29, 0.717) is 5.52 Å². The van der Waals surface area contributed by atoms with Gasteiger partial charge in [-0.3, -0.25) is 10.1 Å². The summed E-state index contributed by atoms with van der Waals surface area (Å²) in [6.07, 6.45) is 1.80. The zero-order chi connectivity index (χ0) is 10.1. The summed E-state index contributed by atoms with van der Waals surface area (Å²) >= 11 is 0. The van der Waals surface area contributed by atoms with Crippen molar-refractivity contribution in [2.45, 2.75) is 0 Å². The fraction of sp³-hybridized carbons (Fsp3) is 0.100. The number of aryl methyl sites for hydroxylation is 1. The van der Waals surface area contributed by atoms with Gasteiger partial charge in [0.25, 0.3) is 5.52 Å². The number of fused-ring (bicyclic) bond motifs is 1. The minimum absolute atomic E-state index is 0.